The van der Waals surface area contributed by atoms with Crippen LogP contribution in [0.5, 0.6) is 0 Å². The SMILES string of the molecule is OC[C@@H]1[C@@H](O)[C@@H](O)CN1Cc1ccc2ccccc2c1. The zero-order chi connectivity index (χ0) is 14.1. The van der Waals surface area contributed by atoms with Gasteiger partial charge in [0.2, 0.25) is 0 Å². The number of hydrogen-bond donors (Lipinski definition) is 3. The van der Waals surface area contributed by atoms with Gasteiger partial charge in [0, 0.05) is 13.1 Å². The van der Waals surface area contributed by atoms with Crippen molar-refractivity contribution >= 4 is 10.8 Å². The summed E-state index contributed by atoms with van der Waals surface area (Å²) in [4.78, 5) is 1.93. The van der Waals surface area contributed by atoms with Gasteiger partial charge >= 0.3 is 0 Å². The van der Waals surface area contributed by atoms with Crippen LogP contribution in [0.25, 0.3) is 10.8 Å². The van der Waals surface area contributed by atoms with Gasteiger partial charge in [0.1, 0.15) is 0 Å². The van der Waals surface area contributed by atoms with E-state index in [1.165, 1.54) is 10.8 Å². The summed E-state index contributed by atoms with van der Waals surface area (Å²) in [5, 5.41) is 31.3. The van der Waals surface area contributed by atoms with Crippen LogP contribution in [0.3, 0.4) is 0 Å². The average Bonchev–Trinajstić information content (AvgIpc) is 2.73. The molecule has 3 atom stereocenters. The zero-order valence-electron chi connectivity index (χ0n) is 11.2. The number of aliphatic hydroxyl groups is 3. The molecule has 1 aliphatic rings. The highest BCUT2D eigenvalue weighted by atomic mass is 16.3. The van der Waals surface area contributed by atoms with Gasteiger partial charge in [0.15, 0.2) is 0 Å². The number of fused-ring (bicyclic) bond motifs is 1. The molecule has 1 heterocycles. The van der Waals surface area contributed by atoms with E-state index in [0.29, 0.717) is 13.1 Å². The lowest BCUT2D eigenvalue weighted by molar-refractivity contribution is 0.0210. The van der Waals surface area contributed by atoms with Gasteiger partial charge in [-0.1, -0.05) is 36.4 Å². The smallest absolute Gasteiger partial charge is 0.0988 e. The molecule has 4 nitrogen and oxygen atoms in total. The van der Waals surface area contributed by atoms with Crippen molar-refractivity contribution in [3.8, 4) is 0 Å². The van der Waals surface area contributed by atoms with Crippen molar-refractivity contribution in [2.45, 2.75) is 24.8 Å². The molecule has 0 spiro atoms. The quantitative estimate of drug-likeness (QED) is 0.772. The van der Waals surface area contributed by atoms with E-state index >= 15 is 0 Å². The van der Waals surface area contributed by atoms with E-state index in [1.807, 2.05) is 23.1 Å². The predicted octanol–water partition coefficient (Wildman–Crippen LogP) is 0.738. The number of aliphatic hydroxyl groups excluding tert-OH is 3. The number of benzene rings is 2. The Morgan fingerprint density at radius 2 is 1.80 bits per heavy atom. The highest BCUT2D eigenvalue weighted by Crippen LogP contribution is 2.23. The second-order valence-corrected chi connectivity index (χ2v) is 5.42. The minimum atomic E-state index is -0.875. The maximum atomic E-state index is 9.83. The topological polar surface area (TPSA) is 63.9 Å². The monoisotopic (exact) mass is 273 g/mol. The molecule has 0 bridgehead atoms. The number of hydrogen-bond acceptors (Lipinski definition) is 4. The van der Waals surface area contributed by atoms with E-state index in [9.17, 15) is 15.3 Å². The molecule has 1 fully saturated rings. The lowest BCUT2D eigenvalue weighted by Crippen LogP contribution is -2.38. The second kappa shape index (κ2) is 5.50. The third-order valence-corrected chi connectivity index (χ3v) is 4.07. The maximum absolute atomic E-state index is 9.83. The molecule has 0 aromatic heterocycles. The molecule has 1 saturated heterocycles. The third kappa shape index (κ3) is 2.43. The molecule has 2 aromatic rings. The molecule has 106 valence electrons. The summed E-state index contributed by atoms with van der Waals surface area (Å²) in [7, 11) is 0. The first kappa shape index (κ1) is 13.5. The van der Waals surface area contributed by atoms with E-state index < -0.39 is 18.2 Å². The van der Waals surface area contributed by atoms with Crippen LogP contribution in [-0.2, 0) is 6.54 Å². The summed E-state index contributed by atoms with van der Waals surface area (Å²) in [5.41, 5.74) is 1.11. The van der Waals surface area contributed by atoms with Crippen LogP contribution in [0.4, 0.5) is 0 Å². The Balaban J connectivity index is 1.82. The summed E-state index contributed by atoms with van der Waals surface area (Å²) >= 11 is 0. The molecule has 0 unspecified atom stereocenters. The normalized spacial score (nSPS) is 27.2. The number of nitrogens with zero attached hydrogens (tertiary/aromatic N) is 1. The molecule has 0 aliphatic carbocycles. The van der Waals surface area contributed by atoms with Gasteiger partial charge in [-0.15, -0.1) is 0 Å². The molecular formula is C16H19NO3. The Kier molecular flexibility index (Phi) is 3.72. The summed E-state index contributed by atoms with van der Waals surface area (Å²) in [6, 6.07) is 14.0. The van der Waals surface area contributed by atoms with Gasteiger partial charge < -0.3 is 15.3 Å². The summed E-state index contributed by atoms with van der Waals surface area (Å²) in [6.45, 7) is 0.856. The molecular weight excluding hydrogens is 254 g/mol. The summed E-state index contributed by atoms with van der Waals surface area (Å²) in [5.74, 6) is 0. The van der Waals surface area contributed by atoms with E-state index in [1.54, 1.807) is 0 Å². The first-order valence-electron chi connectivity index (χ1n) is 6.88. The maximum Gasteiger partial charge on any atom is 0.0988 e. The first-order valence-corrected chi connectivity index (χ1v) is 6.88. The van der Waals surface area contributed by atoms with Crippen LogP contribution < -0.4 is 0 Å². The van der Waals surface area contributed by atoms with E-state index in [4.69, 9.17) is 0 Å². The molecule has 1 aliphatic heterocycles. The van der Waals surface area contributed by atoms with Crippen molar-refractivity contribution in [2.24, 2.45) is 0 Å². The molecule has 0 saturated carbocycles. The fraction of sp³-hybridized carbons (Fsp3) is 0.375. The highest BCUT2D eigenvalue weighted by molar-refractivity contribution is 5.82. The standard InChI is InChI=1S/C16H19NO3/c18-10-14-16(20)15(19)9-17(14)8-11-5-6-12-3-1-2-4-13(12)7-11/h1-7,14-16,18-20H,8-10H2/t14-,15+,16-/m1/s1. The van der Waals surface area contributed by atoms with Crippen LogP contribution in [0.2, 0.25) is 0 Å². The number of rotatable bonds is 3. The lowest BCUT2D eigenvalue weighted by atomic mass is 10.1. The molecule has 0 amide bonds. The largest absolute Gasteiger partial charge is 0.395 e. The Morgan fingerprint density at radius 1 is 1.05 bits per heavy atom. The van der Waals surface area contributed by atoms with Gasteiger partial charge in [-0.05, 0) is 22.4 Å². The lowest BCUT2D eigenvalue weighted by Gasteiger charge is -2.23. The minimum absolute atomic E-state index is 0.147. The van der Waals surface area contributed by atoms with Crippen LogP contribution in [-0.4, -0.2) is 51.6 Å². The zero-order valence-corrected chi connectivity index (χ0v) is 11.2. The van der Waals surface area contributed by atoms with Gasteiger partial charge in [0.25, 0.3) is 0 Å². The average molecular weight is 273 g/mol. The van der Waals surface area contributed by atoms with E-state index in [-0.39, 0.29) is 6.61 Å². The van der Waals surface area contributed by atoms with Crippen LogP contribution in [0.15, 0.2) is 42.5 Å². The van der Waals surface area contributed by atoms with Crippen molar-refractivity contribution in [1.82, 2.24) is 4.90 Å². The van der Waals surface area contributed by atoms with Crippen molar-refractivity contribution in [3.63, 3.8) is 0 Å². The van der Waals surface area contributed by atoms with Crippen LogP contribution in [0, 0.1) is 0 Å². The van der Waals surface area contributed by atoms with Crippen molar-refractivity contribution in [2.75, 3.05) is 13.2 Å². The third-order valence-electron chi connectivity index (χ3n) is 4.07. The van der Waals surface area contributed by atoms with Gasteiger partial charge in [-0.2, -0.15) is 0 Å². The van der Waals surface area contributed by atoms with E-state index in [0.717, 1.165) is 5.56 Å². The van der Waals surface area contributed by atoms with Gasteiger partial charge in [-0.3, -0.25) is 4.90 Å². The summed E-state index contributed by atoms with van der Waals surface area (Å²) in [6.07, 6.45) is -1.66. The molecule has 20 heavy (non-hydrogen) atoms. The first-order chi connectivity index (χ1) is 9.69. The van der Waals surface area contributed by atoms with Crippen molar-refractivity contribution in [3.05, 3.63) is 48.0 Å². The molecule has 3 N–H and O–H groups in total. The molecule has 3 rings (SSSR count). The number of β-amino-alcohol motifs (C(OH)–C–C–N with tert-alkyl or cyclic N) is 1. The molecule has 4 heteroatoms. The highest BCUT2D eigenvalue weighted by Gasteiger charge is 2.39. The minimum Gasteiger partial charge on any atom is -0.395 e. The van der Waals surface area contributed by atoms with Crippen LogP contribution >= 0.6 is 0 Å². The van der Waals surface area contributed by atoms with Gasteiger partial charge in [0.05, 0.1) is 24.9 Å². The molecule has 2 aromatic carbocycles. The fourth-order valence-corrected chi connectivity index (χ4v) is 2.93. The van der Waals surface area contributed by atoms with Crippen molar-refractivity contribution < 1.29 is 15.3 Å². The summed E-state index contributed by atoms with van der Waals surface area (Å²) < 4.78 is 0. The Labute approximate surface area is 117 Å². The van der Waals surface area contributed by atoms with Gasteiger partial charge in [-0.25, -0.2) is 0 Å². The second-order valence-electron chi connectivity index (χ2n) is 5.42. The number of likely N-dealkylation sites (tertiary alicyclic amines) is 1. The Bertz CT molecular complexity index is 601. The van der Waals surface area contributed by atoms with Crippen molar-refractivity contribution in [1.29, 1.82) is 0 Å². The van der Waals surface area contributed by atoms with Crippen LogP contribution in [0.1, 0.15) is 5.56 Å². The Morgan fingerprint density at radius 3 is 2.55 bits per heavy atom. The Hall–Kier alpha value is -1.46. The predicted molar refractivity (Wildman–Crippen MR) is 77.2 cm³/mol. The fourth-order valence-electron chi connectivity index (χ4n) is 2.93. The molecule has 0 radical (unpaired) electrons. The van der Waals surface area contributed by atoms with E-state index in [2.05, 4.69) is 24.3 Å².